The molecule has 134 valence electrons. The van der Waals surface area contributed by atoms with E-state index in [9.17, 15) is 0 Å². The Bertz CT molecular complexity index is 792. The van der Waals surface area contributed by atoms with E-state index in [0.717, 1.165) is 9.52 Å². The van der Waals surface area contributed by atoms with E-state index in [1.807, 2.05) is 0 Å². The summed E-state index contributed by atoms with van der Waals surface area (Å²) in [4.78, 5) is 0. The molecule has 0 amide bonds. The molecule has 0 fully saturated rings. The van der Waals surface area contributed by atoms with E-state index in [2.05, 4.69) is 99.7 Å². The molecule has 4 rings (SSSR count). The van der Waals surface area contributed by atoms with Gasteiger partial charge in [0.05, 0.1) is 0 Å². The predicted octanol–water partition coefficient (Wildman–Crippen LogP) is 0.527. The summed E-state index contributed by atoms with van der Waals surface area (Å²) < 4.78 is 0. The van der Waals surface area contributed by atoms with Crippen molar-refractivity contribution in [2.45, 2.75) is 26.9 Å². The summed E-state index contributed by atoms with van der Waals surface area (Å²) in [6.07, 6.45) is 0. The first-order valence-corrected chi connectivity index (χ1v) is 9.98. The summed E-state index contributed by atoms with van der Waals surface area (Å²) in [6, 6.07) is 25.5. The van der Waals surface area contributed by atoms with Crippen LogP contribution in [-0.2, 0) is 25.8 Å². The van der Waals surface area contributed by atoms with Gasteiger partial charge < -0.3 is 24.8 Å². The van der Waals surface area contributed by atoms with Gasteiger partial charge in [-0.2, -0.15) is 23.3 Å². The predicted molar refractivity (Wildman–Crippen MR) is 106 cm³/mol. The number of hydrogen-bond acceptors (Lipinski definition) is 0. The number of hydrogen-bond donors (Lipinski definition) is 0. The Hall–Kier alpha value is -0.673. The minimum Gasteiger partial charge on any atom is -1.00 e. The van der Waals surface area contributed by atoms with Crippen molar-refractivity contribution in [2.24, 2.45) is 0 Å². The Kier molecular flexibility index (Phi) is 15.2. The van der Waals surface area contributed by atoms with Crippen molar-refractivity contribution < 1.29 is 50.7 Å². The molecular weight excluding hydrogens is 542 g/mol. The Morgan fingerprint density at radius 1 is 0.654 bits per heavy atom. The van der Waals surface area contributed by atoms with Crippen LogP contribution < -0.4 is 24.8 Å². The molecule has 0 spiro atoms. The first-order valence-electron chi connectivity index (χ1n) is 7.98. The van der Waals surface area contributed by atoms with Gasteiger partial charge in [-0.15, -0.1) is 70.1 Å². The number of aryl methyl sites for hydroxylation is 2. The molecule has 4 heteroatoms. The average molecular weight is 566 g/mol. The van der Waals surface area contributed by atoms with Crippen LogP contribution in [0.3, 0.4) is 0 Å². The van der Waals surface area contributed by atoms with Crippen LogP contribution >= 0.6 is 0 Å². The quantitative estimate of drug-likeness (QED) is 0.216. The Morgan fingerprint density at radius 2 is 0.962 bits per heavy atom. The van der Waals surface area contributed by atoms with Crippen LogP contribution in [0.15, 0.2) is 72.8 Å². The molecule has 0 saturated carbocycles. The monoisotopic (exact) mass is 566 g/mol. The van der Waals surface area contributed by atoms with Crippen LogP contribution in [0.25, 0.3) is 21.5 Å². The van der Waals surface area contributed by atoms with Gasteiger partial charge in [-0.3, -0.25) is 0 Å². The van der Waals surface area contributed by atoms with E-state index in [-0.39, 0.29) is 50.7 Å². The molecule has 0 atom stereocenters. The van der Waals surface area contributed by atoms with Crippen molar-refractivity contribution in [3.8, 4) is 0 Å². The van der Waals surface area contributed by atoms with Crippen molar-refractivity contribution in [3.63, 3.8) is 0 Å². The summed E-state index contributed by atoms with van der Waals surface area (Å²) in [5.74, 6) is 0. The molecule has 26 heavy (non-hydrogen) atoms. The van der Waals surface area contributed by atoms with Crippen molar-refractivity contribution in [1.82, 2.24) is 0 Å². The van der Waals surface area contributed by atoms with E-state index >= 15 is 0 Å². The number of halogens is 2. The average Bonchev–Trinajstić information content (AvgIpc) is 3.14. The van der Waals surface area contributed by atoms with Gasteiger partial charge in [0, 0.05) is 9.52 Å². The summed E-state index contributed by atoms with van der Waals surface area (Å²) in [7, 11) is 1.08. The van der Waals surface area contributed by atoms with Crippen LogP contribution in [0.4, 0.5) is 0 Å². The molecule has 0 unspecified atom stereocenters. The summed E-state index contributed by atoms with van der Waals surface area (Å²) in [6.45, 7) is 8.59. The summed E-state index contributed by atoms with van der Waals surface area (Å²) in [5, 5.41) is 5.45. The molecule has 0 aliphatic rings. The zero-order valence-electron chi connectivity index (χ0n) is 15.7. The Balaban J connectivity index is 0. The fraction of sp³-hybridized carbons (Fsp3) is 0.182. The van der Waals surface area contributed by atoms with Gasteiger partial charge in [0.1, 0.15) is 0 Å². The standard InChI is InChI=1S/2C10H9.C2H6Si.2ClH.Hf/c2*1-8-6-7-9-4-2-3-5-10(8)9;1-3-2;;;/h2*2-7H,1H3;1-2H3;2*1H;/q2*-1;;;;+4/p-2. The molecule has 0 aliphatic carbocycles. The molecule has 0 aromatic heterocycles. The first kappa shape index (κ1) is 27.5. The van der Waals surface area contributed by atoms with Crippen LogP contribution in [0, 0.1) is 13.8 Å². The third-order valence-electron chi connectivity index (χ3n) is 3.80. The second-order valence-corrected chi connectivity index (χ2v) is 6.71. The second-order valence-electron chi connectivity index (χ2n) is 5.71. The maximum atomic E-state index is 2.16. The SMILES string of the molecule is C[Si]C.Cc1c[cH-]c2ccccc12.Cc1c[cH-]c2ccccc12.[Cl-].[Cl-].[Hf+4]. The van der Waals surface area contributed by atoms with Gasteiger partial charge in [0.25, 0.3) is 0 Å². The maximum absolute atomic E-state index is 2.16. The molecule has 0 nitrogen and oxygen atoms in total. The van der Waals surface area contributed by atoms with Crippen LogP contribution in [0.1, 0.15) is 11.1 Å². The molecular formula is C22H24Cl2HfSi. The number of fused-ring (bicyclic) bond motifs is 2. The fourth-order valence-corrected chi connectivity index (χ4v) is 2.61. The molecule has 0 N–H and O–H groups in total. The summed E-state index contributed by atoms with van der Waals surface area (Å²) >= 11 is 0. The maximum Gasteiger partial charge on any atom is 4.00 e. The number of benzene rings is 2. The molecule has 4 aromatic carbocycles. The van der Waals surface area contributed by atoms with Crippen molar-refractivity contribution >= 4 is 31.1 Å². The zero-order chi connectivity index (χ0) is 16.7. The number of rotatable bonds is 0. The Labute approximate surface area is 191 Å². The molecule has 4 aromatic rings. The fourth-order valence-electron chi connectivity index (χ4n) is 2.61. The van der Waals surface area contributed by atoms with Crippen molar-refractivity contribution in [2.75, 3.05) is 0 Å². The topological polar surface area (TPSA) is 0 Å². The molecule has 0 heterocycles. The van der Waals surface area contributed by atoms with Gasteiger partial charge in [-0.25, -0.2) is 0 Å². The van der Waals surface area contributed by atoms with Crippen LogP contribution in [-0.4, -0.2) is 9.52 Å². The first-order chi connectivity index (χ1) is 11.2. The van der Waals surface area contributed by atoms with Crippen LogP contribution in [0.2, 0.25) is 13.1 Å². The minimum atomic E-state index is 0. The van der Waals surface area contributed by atoms with Gasteiger partial charge in [0.2, 0.25) is 0 Å². The third kappa shape index (κ3) is 7.52. The van der Waals surface area contributed by atoms with Gasteiger partial charge >= 0.3 is 25.8 Å². The van der Waals surface area contributed by atoms with Crippen molar-refractivity contribution in [1.29, 1.82) is 0 Å². The molecule has 2 radical (unpaired) electrons. The minimum absolute atomic E-state index is 0. The van der Waals surface area contributed by atoms with Crippen molar-refractivity contribution in [3.05, 3.63) is 83.9 Å². The van der Waals surface area contributed by atoms with Gasteiger partial charge in [0.15, 0.2) is 0 Å². The zero-order valence-corrected chi connectivity index (χ0v) is 21.8. The van der Waals surface area contributed by atoms with E-state index < -0.39 is 0 Å². The van der Waals surface area contributed by atoms with Gasteiger partial charge in [-0.05, 0) is 0 Å². The largest absolute Gasteiger partial charge is 4.00 e. The molecule has 0 saturated heterocycles. The second kappa shape index (κ2) is 14.4. The molecule has 0 aliphatic heterocycles. The van der Waals surface area contributed by atoms with E-state index in [0.29, 0.717) is 0 Å². The third-order valence-corrected chi connectivity index (χ3v) is 3.80. The van der Waals surface area contributed by atoms with E-state index in [1.165, 1.54) is 32.7 Å². The van der Waals surface area contributed by atoms with Gasteiger partial charge in [-0.1, -0.05) is 39.1 Å². The van der Waals surface area contributed by atoms with E-state index in [1.54, 1.807) is 0 Å². The molecule has 0 bridgehead atoms. The Morgan fingerprint density at radius 3 is 1.27 bits per heavy atom. The smallest absolute Gasteiger partial charge is 1.00 e. The van der Waals surface area contributed by atoms with Crippen LogP contribution in [0.5, 0.6) is 0 Å². The summed E-state index contributed by atoms with van der Waals surface area (Å²) in [5.41, 5.74) is 2.74. The normalized spacial score (nSPS) is 8.77. The van der Waals surface area contributed by atoms with E-state index in [4.69, 9.17) is 0 Å².